The van der Waals surface area contributed by atoms with Gasteiger partial charge in [-0.2, -0.15) is 0 Å². The van der Waals surface area contributed by atoms with Crippen LogP contribution < -0.4 is 11.2 Å². The number of hydrogen-bond donors (Lipinski definition) is 1. The van der Waals surface area contributed by atoms with Gasteiger partial charge in [-0.1, -0.05) is 36.4 Å². The van der Waals surface area contributed by atoms with Crippen LogP contribution in [-0.2, 0) is 37.7 Å². The molecule has 32 heavy (non-hydrogen) atoms. The molecule has 10 nitrogen and oxygen atoms in total. The summed E-state index contributed by atoms with van der Waals surface area (Å²) in [6.07, 6.45) is 0. The summed E-state index contributed by atoms with van der Waals surface area (Å²) in [6.45, 7) is 0.103. The Morgan fingerprint density at radius 2 is 1.53 bits per heavy atom. The molecule has 1 aromatic heterocycles. The van der Waals surface area contributed by atoms with Crippen LogP contribution in [0.3, 0.4) is 0 Å². The number of azo groups is 1. The Balaban J connectivity index is 0.00000289. The van der Waals surface area contributed by atoms with Crippen LogP contribution in [0.4, 0.5) is 11.4 Å². The molecule has 0 aliphatic carbocycles. The summed E-state index contributed by atoms with van der Waals surface area (Å²) in [4.78, 5) is 51.0. The first-order valence-electron chi connectivity index (χ1n) is 9.25. The van der Waals surface area contributed by atoms with Crippen molar-refractivity contribution in [3.05, 3.63) is 86.1 Å². The number of rotatable bonds is 4. The molecule has 165 valence electrons. The van der Waals surface area contributed by atoms with Crippen LogP contribution in [0.25, 0.3) is 0 Å². The topological polar surface area (TPSA) is 126 Å². The van der Waals surface area contributed by atoms with Crippen LogP contribution in [-0.4, -0.2) is 31.0 Å². The summed E-state index contributed by atoms with van der Waals surface area (Å²) in [6, 6.07) is 13.6. The number of nitrogens with zero attached hydrogens (tertiary/aromatic N) is 5. The van der Waals surface area contributed by atoms with E-state index >= 15 is 0 Å². The fourth-order valence-electron chi connectivity index (χ4n) is 3.32. The van der Waals surface area contributed by atoms with Gasteiger partial charge in [0, 0.05) is 14.1 Å². The number of carbonyl (C=O) groups excluding carboxylic acids is 2. The van der Waals surface area contributed by atoms with Crippen molar-refractivity contribution in [2.24, 2.45) is 24.3 Å². The van der Waals surface area contributed by atoms with Crippen molar-refractivity contribution in [2.45, 2.75) is 6.54 Å². The molecule has 0 saturated heterocycles. The minimum absolute atomic E-state index is 0. The third-order valence-corrected chi connectivity index (χ3v) is 5.03. The number of aromatic nitrogens is 2. The molecule has 4 rings (SSSR count). The van der Waals surface area contributed by atoms with Gasteiger partial charge in [0.25, 0.3) is 17.4 Å². The number of imide groups is 1. The smallest absolute Gasteiger partial charge is 0.493 e. The van der Waals surface area contributed by atoms with E-state index in [1.807, 2.05) is 30.3 Å². The maximum absolute atomic E-state index is 13.0. The van der Waals surface area contributed by atoms with Gasteiger partial charge in [-0.15, -0.1) is 10.2 Å². The van der Waals surface area contributed by atoms with E-state index in [9.17, 15) is 24.3 Å². The van der Waals surface area contributed by atoms with E-state index in [-0.39, 0.29) is 40.4 Å². The summed E-state index contributed by atoms with van der Waals surface area (Å²) < 4.78 is 1.63. The molecule has 0 fully saturated rings. The van der Waals surface area contributed by atoms with Gasteiger partial charge < -0.3 is 5.11 Å². The molecule has 2 aromatic carbocycles. The molecule has 1 N–H and O–H groups in total. The van der Waals surface area contributed by atoms with E-state index in [0.29, 0.717) is 0 Å². The van der Waals surface area contributed by atoms with E-state index in [1.54, 1.807) is 6.07 Å². The minimum Gasteiger partial charge on any atom is -0.493 e. The van der Waals surface area contributed by atoms with E-state index in [4.69, 9.17) is 0 Å². The van der Waals surface area contributed by atoms with E-state index in [0.717, 1.165) is 19.6 Å². The van der Waals surface area contributed by atoms with Gasteiger partial charge in [-0.25, -0.2) is 4.79 Å². The molecule has 0 saturated carbocycles. The first-order valence-corrected chi connectivity index (χ1v) is 9.25. The normalized spacial score (nSPS) is 12.9. The molecular formula is C21H17CuN5O5+2. The van der Waals surface area contributed by atoms with Crippen molar-refractivity contribution < 1.29 is 31.8 Å². The third kappa shape index (κ3) is 3.68. The van der Waals surface area contributed by atoms with Gasteiger partial charge in [0.15, 0.2) is 0 Å². The number of carbonyl (C=O) groups is 2. The first kappa shape index (κ1) is 22.9. The monoisotopic (exact) mass is 482 g/mol. The SMILES string of the molecule is Cn1c(O)c(N=Nc2cccc3c2C(=O)N(Cc2ccccc2)C3=O)c(=O)n(C)c1=O.[Cu+2]. The number of hydrogen-bond acceptors (Lipinski definition) is 7. The van der Waals surface area contributed by atoms with Gasteiger partial charge >= 0.3 is 22.8 Å². The molecule has 0 bridgehead atoms. The predicted octanol–water partition coefficient (Wildman–Crippen LogP) is 2.00. The third-order valence-electron chi connectivity index (χ3n) is 5.03. The number of amides is 2. The standard InChI is InChI=1S/C21H17N5O5.Cu/c1-24-19(29)16(20(30)25(2)21(24)31)23-22-14-10-6-9-13-15(14)18(28)26(17(13)27)11-12-7-4-3-5-8-12;/h3-10,29H,11H2,1-2H3;/q;+2. The molecule has 1 aliphatic rings. The van der Waals surface area contributed by atoms with Gasteiger partial charge in [-0.05, 0) is 17.7 Å². The molecule has 0 atom stereocenters. The Morgan fingerprint density at radius 1 is 0.844 bits per heavy atom. The van der Waals surface area contributed by atoms with Gasteiger partial charge in [0.05, 0.1) is 23.4 Å². The number of aromatic hydroxyl groups is 1. The van der Waals surface area contributed by atoms with Gasteiger partial charge in [0.2, 0.25) is 11.6 Å². The van der Waals surface area contributed by atoms with Crippen molar-refractivity contribution in [1.82, 2.24) is 14.0 Å². The number of fused-ring (bicyclic) bond motifs is 1. The van der Waals surface area contributed by atoms with Gasteiger partial charge in [0.1, 0.15) is 0 Å². The average molecular weight is 483 g/mol. The van der Waals surface area contributed by atoms with Crippen LogP contribution in [0.5, 0.6) is 5.88 Å². The molecule has 1 radical (unpaired) electrons. The second-order valence-corrected chi connectivity index (χ2v) is 6.96. The molecule has 3 aromatic rings. The maximum atomic E-state index is 13.0. The zero-order valence-corrected chi connectivity index (χ0v) is 17.9. The molecule has 11 heteroatoms. The number of benzene rings is 2. The summed E-state index contributed by atoms with van der Waals surface area (Å²) in [5.74, 6) is -1.64. The molecule has 2 amide bonds. The summed E-state index contributed by atoms with van der Waals surface area (Å²) in [7, 11) is 2.52. The van der Waals surface area contributed by atoms with Crippen LogP contribution >= 0.6 is 0 Å². The zero-order chi connectivity index (χ0) is 22.3. The van der Waals surface area contributed by atoms with E-state index in [2.05, 4.69) is 10.2 Å². The fourth-order valence-corrected chi connectivity index (χ4v) is 3.32. The predicted molar refractivity (Wildman–Crippen MR) is 110 cm³/mol. The molecular weight excluding hydrogens is 466 g/mol. The molecule has 2 heterocycles. The van der Waals surface area contributed by atoms with E-state index < -0.39 is 34.6 Å². The average Bonchev–Trinajstić information content (AvgIpc) is 3.02. The Bertz CT molecular complexity index is 1380. The second kappa shape index (κ2) is 8.74. The van der Waals surface area contributed by atoms with Crippen molar-refractivity contribution in [3.8, 4) is 5.88 Å². The Labute approximate surface area is 191 Å². The largest absolute Gasteiger partial charge is 2.00 e. The van der Waals surface area contributed by atoms with E-state index in [1.165, 1.54) is 26.2 Å². The summed E-state index contributed by atoms with van der Waals surface area (Å²) >= 11 is 0. The Kier molecular flexibility index (Phi) is 6.24. The minimum atomic E-state index is -0.843. The Morgan fingerprint density at radius 3 is 2.22 bits per heavy atom. The fraction of sp³-hybridized carbons (Fsp3) is 0.143. The van der Waals surface area contributed by atoms with Crippen LogP contribution in [0, 0.1) is 0 Å². The second-order valence-electron chi connectivity index (χ2n) is 6.96. The first-order chi connectivity index (χ1) is 14.8. The quantitative estimate of drug-likeness (QED) is 0.345. The van der Waals surface area contributed by atoms with Gasteiger partial charge in [-0.3, -0.25) is 28.4 Å². The summed E-state index contributed by atoms with van der Waals surface area (Å²) in [5, 5.41) is 17.9. The van der Waals surface area contributed by atoms with Crippen molar-refractivity contribution >= 4 is 23.2 Å². The zero-order valence-electron chi connectivity index (χ0n) is 16.9. The van der Waals surface area contributed by atoms with Crippen LogP contribution in [0.15, 0.2) is 68.3 Å². The maximum Gasteiger partial charge on any atom is 2.00 e. The van der Waals surface area contributed by atoms with Crippen molar-refractivity contribution in [3.63, 3.8) is 0 Å². The van der Waals surface area contributed by atoms with Crippen LogP contribution in [0.2, 0.25) is 0 Å². The van der Waals surface area contributed by atoms with Crippen molar-refractivity contribution in [2.75, 3.05) is 0 Å². The molecule has 0 unspecified atom stereocenters. The van der Waals surface area contributed by atoms with Crippen molar-refractivity contribution in [1.29, 1.82) is 0 Å². The molecule has 0 spiro atoms. The Hall–Kier alpha value is -3.82. The molecule has 1 aliphatic heterocycles. The van der Waals surface area contributed by atoms with Crippen LogP contribution in [0.1, 0.15) is 26.3 Å². The summed E-state index contributed by atoms with van der Waals surface area (Å²) in [5.41, 5.74) is -0.923.